The minimum atomic E-state index is 0.628. The Kier molecular flexibility index (Phi) is 4.80. The Morgan fingerprint density at radius 3 is 2.95 bits per heavy atom. The molecule has 0 bridgehead atoms. The number of furan rings is 1. The van der Waals surface area contributed by atoms with Crippen LogP contribution in [0, 0.1) is 6.92 Å². The van der Waals surface area contributed by atoms with Crippen LogP contribution in [0.4, 0.5) is 0 Å². The molecule has 2 aromatic heterocycles. The largest absolute Gasteiger partial charge is 0.492 e. The van der Waals surface area contributed by atoms with Gasteiger partial charge in [-0.1, -0.05) is 30.0 Å². The molecule has 0 unspecified atom stereocenters. The molecular weight excluding hydrogens is 298 g/mol. The number of benzene rings is 1. The smallest absolute Gasteiger partial charge is 0.191 e. The molecule has 6 heteroatoms. The first-order valence-electron chi connectivity index (χ1n) is 7.04. The van der Waals surface area contributed by atoms with Gasteiger partial charge in [0.1, 0.15) is 17.8 Å². The van der Waals surface area contributed by atoms with Crippen LogP contribution < -0.4 is 4.74 Å². The van der Waals surface area contributed by atoms with Crippen molar-refractivity contribution in [2.24, 2.45) is 0 Å². The summed E-state index contributed by atoms with van der Waals surface area (Å²) < 4.78 is 13.1. The van der Waals surface area contributed by atoms with Crippen molar-refractivity contribution in [2.45, 2.75) is 18.6 Å². The van der Waals surface area contributed by atoms with Crippen molar-refractivity contribution in [3.05, 3.63) is 60.3 Å². The summed E-state index contributed by atoms with van der Waals surface area (Å²) in [6.07, 6.45) is 3.38. The highest BCUT2D eigenvalue weighted by molar-refractivity contribution is 7.99. The Morgan fingerprint density at radius 1 is 1.23 bits per heavy atom. The van der Waals surface area contributed by atoms with E-state index in [-0.39, 0.29) is 0 Å². The highest BCUT2D eigenvalue weighted by Crippen LogP contribution is 2.19. The second kappa shape index (κ2) is 7.17. The van der Waals surface area contributed by atoms with E-state index < -0.39 is 0 Å². The summed E-state index contributed by atoms with van der Waals surface area (Å²) in [6, 6.07) is 11.8. The zero-order chi connectivity index (χ0) is 15.2. The lowest BCUT2D eigenvalue weighted by Gasteiger charge is -2.08. The quantitative estimate of drug-likeness (QED) is 0.494. The summed E-state index contributed by atoms with van der Waals surface area (Å²) in [4.78, 5) is 0. The lowest BCUT2D eigenvalue weighted by atomic mass is 10.2. The zero-order valence-corrected chi connectivity index (χ0v) is 13.1. The van der Waals surface area contributed by atoms with E-state index in [1.165, 1.54) is 0 Å². The van der Waals surface area contributed by atoms with Crippen molar-refractivity contribution in [2.75, 3.05) is 12.4 Å². The maximum Gasteiger partial charge on any atom is 0.191 e. The SMILES string of the molecule is Cc1ccccc1OCCSc1nncn1Cc1ccco1. The fourth-order valence-electron chi connectivity index (χ4n) is 2.04. The molecule has 0 amide bonds. The number of hydrogen-bond acceptors (Lipinski definition) is 5. The van der Waals surface area contributed by atoms with Gasteiger partial charge in [0.2, 0.25) is 0 Å². The fourth-order valence-corrected chi connectivity index (χ4v) is 2.77. The molecular formula is C16H17N3O2S. The van der Waals surface area contributed by atoms with Crippen molar-refractivity contribution < 1.29 is 9.15 Å². The summed E-state index contributed by atoms with van der Waals surface area (Å²) in [5.41, 5.74) is 1.15. The topological polar surface area (TPSA) is 53.1 Å². The number of para-hydroxylation sites is 1. The third kappa shape index (κ3) is 3.71. The molecule has 22 heavy (non-hydrogen) atoms. The predicted octanol–water partition coefficient (Wildman–Crippen LogP) is 3.40. The van der Waals surface area contributed by atoms with Gasteiger partial charge in [-0.05, 0) is 30.7 Å². The second-order valence-corrected chi connectivity index (χ2v) is 5.85. The van der Waals surface area contributed by atoms with Crippen LogP contribution in [0.2, 0.25) is 0 Å². The van der Waals surface area contributed by atoms with E-state index >= 15 is 0 Å². The number of aryl methyl sites for hydroxylation is 1. The molecule has 1 aromatic carbocycles. The van der Waals surface area contributed by atoms with E-state index in [2.05, 4.69) is 10.2 Å². The fraction of sp³-hybridized carbons (Fsp3) is 0.250. The summed E-state index contributed by atoms with van der Waals surface area (Å²) in [7, 11) is 0. The average molecular weight is 315 g/mol. The molecule has 0 atom stereocenters. The Hall–Kier alpha value is -2.21. The Bertz CT molecular complexity index is 710. The molecule has 0 N–H and O–H groups in total. The van der Waals surface area contributed by atoms with Crippen LogP contribution in [0.15, 0.2) is 58.6 Å². The molecule has 0 radical (unpaired) electrons. The van der Waals surface area contributed by atoms with Crippen LogP contribution in [0.25, 0.3) is 0 Å². The highest BCUT2D eigenvalue weighted by Gasteiger charge is 2.07. The molecule has 2 heterocycles. The van der Waals surface area contributed by atoms with Crippen LogP contribution in [-0.4, -0.2) is 27.1 Å². The first-order chi connectivity index (χ1) is 10.8. The maximum atomic E-state index is 5.78. The van der Waals surface area contributed by atoms with Gasteiger partial charge in [-0.15, -0.1) is 10.2 Å². The van der Waals surface area contributed by atoms with E-state index in [9.17, 15) is 0 Å². The summed E-state index contributed by atoms with van der Waals surface area (Å²) in [6.45, 7) is 3.31. The maximum absolute atomic E-state index is 5.78. The van der Waals surface area contributed by atoms with Gasteiger partial charge in [0, 0.05) is 5.75 Å². The van der Waals surface area contributed by atoms with E-state index in [0.717, 1.165) is 28.0 Å². The first-order valence-corrected chi connectivity index (χ1v) is 8.03. The Balaban J connectivity index is 1.50. The number of thioether (sulfide) groups is 1. The van der Waals surface area contributed by atoms with Crippen molar-refractivity contribution in [3.8, 4) is 5.75 Å². The van der Waals surface area contributed by atoms with Crippen LogP contribution in [-0.2, 0) is 6.54 Å². The van der Waals surface area contributed by atoms with Crippen molar-refractivity contribution in [3.63, 3.8) is 0 Å². The molecule has 0 aliphatic rings. The van der Waals surface area contributed by atoms with Gasteiger partial charge in [0.25, 0.3) is 0 Å². The molecule has 3 aromatic rings. The first kappa shape index (κ1) is 14.7. The molecule has 5 nitrogen and oxygen atoms in total. The molecule has 0 fully saturated rings. The van der Waals surface area contributed by atoms with Gasteiger partial charge in [0.05, 0.1) is 19.4 Å². The van der Waals surface area contributed by atoms with E-state index in [0.29, 0.717) is 13.2 Å². The van der Waals surface area contributed by atoms with Crippen LogP contribution in [0.5, 0.6) is 5.75 Å². The normalized spacial score (nSPS) is 10.8. The van der Waals surface area contributed by atoms with Crippen LogP contribution in [0.1, 0.15) is 11.3 Å². The van der Waals surface area contributed by atoms with E-state index in [1.807, 2.05) is 47.9 Å². The zero-order valence-electron chi connectivity index (χ0n) is 12.3. The van der Waals surface area contributed by atoms with Gasteiger partial charge in [0.15, 0.2) is 5.16 Å². The van der Waals surface area contributed by atoms with E-state index in [1.54, 1.807) is 24.4 Å². The monoisotopic (exact) mass is 315 g/mol. The number of aromatic nitrogens is 3. The number of nitrogens with zero attached hydrogens (tertiary/aromatic N) is 3. The van der Waals surface area contributed by atoms with Gasteiger partial charge in [-0.25, -0.2) is 0 Å². The number of ether oxygens (including phenoxy) is 1. The Morgan fingerprint density at radius 2 is 2.14 bits per heavy atom. The summed E-state index contributed by atoms with van der Waals surface area (Å²) in [5.74, 6) is 2.63. The Labute approximate surface area is 133 Å². The molecule has 0 aliphatic heterocycles. The number of rotatable bonds is 7. The lowest BCUT2D eigenvalue weighted by molar-refractivity contribution is 0.341. The highest BCUT2D eigenvalue weighted by atomic mass is 32.2. The minimum Gasteiger partial charge on any atom is -0.492 e. The second-order valence-electron chi connectivity index (χ2n) is 4.78. The molecule has 3 rings (SSSR count). The minimum absolute atomic E-state index is 0.628. The van der Waals surface area contributed by atoms with Crippen LogP contribution in [0.3, 0.4) is 0 Å². The van der Waals surface area contributed by atoms with E-state index in [4.69, 9.17) is 9.15 Å². The lowest BCUT2D eigenvalue weighted by Crippen LogP contribution is -2.04. The van der Waals surface area contributed by atoms with Gasteiger partial charge < -0.3 is 13.7 Å². The molecule has 0 aliphatic carbocycles. The third-order valence-electron chi connectivity index (χ3n) is 3.15. The standard InChI is InChI=1S/C16H17N3O2S/c1-13-5-2-3-7-15(13)21-9-10-22-16-18-17-12-19(16)11-14-6-4-8-20-14/h2-8,12H,9-11H2,1H3. The predicted molar refractivity (Wildman–Crippen MR) is 85.2 cm³/mol. The number of hydrogen-bond donors (Lipinski definition) is 0. The van der Waals surface area contributed by atoms with Gasteiger partial charge in [-0.2, -0.15) is 0 Å². The molecule has 0 saturated carbocycles. The third-order valence-corrected chi connectivity index (χ3v) is 4.10. The molecule has 0 saturated heterocycles. The summed E-state index contributed by atoms with van der Waals surface area (Å²) >= 11 is 1.62. The summed E-state index contributed by atoms with van der Waals surface area (Å²) in [5, 5.41) is 8.97. The molecule has 114 valence electrons. The van der Waals surface area contributed by atoms with Crippen molar-refractivity contribution >= 4 is 11.8 Å². The van der Waals surface area contributed by atoms with Crippen LogP contribution >= 0.6 is 11.8 Å². The average Bonchev–Trinajstić information content (AvgIpc) is 3.18. The molecule has 0 spiro atoms. The van der Waals surface area contributed by atoms with Crippen molar-refractivity contribution in [1.82, 2.24) is 14.8 Å². The van der Waals surface area contributed by atoms with Gasteiger partial charge >= 0.3 is 0 Å². The van der Waals surface area contributed by atoms with Gasteiger partial charge in [-0.3, -0.25) is 0 Å². The van der Waals surface area contributed by atoms with Crippen molar-refractivity contribution in [1.29, 1.82) is 0 Å².